The fourth-order valence-corrected chi connectivity index (χ4v) is 3.70. The van der Waals surface area contributed by atoms with Gasteiger partial charge in [0.1, 0.15) is 0 Å². The van der Waals surface area contributed by atoms with Crippen molar-refractivity contribution in [2.45, 2.75) is 57.1 Å². The summed E-state index contributed by atoms with van der Waals surface area (Å²) < 4.78 is 1.75. The minimum atomic E-state index is -0.504. The molecular formula is C15H24N4O2. The molecule has 2 aliphatic rings. The van der Waals surface area contributed by atoms with Crippen molar-refractivity contribution < 1.29 is 9.90 Å². The Morgan fingerprint density at radius 1 is 1.38 bits per heavy atom. The van der Waals surface area contributed by atoms with Crippen LogP contribution in [-0.2, 0) is 11.3 Å². The molecule has 3 rings (SSSR count). The van der Waals surface area contributed by atoms with Crippen LogP contribution in [0.15, 0.2) is 12.4 Å². The van der Waals surface area contributed by atoms with Crippen LogP contribution >= 0.6 is 0 Å². The Labute approximate surface area is 125 Å². The summed E-state index contributed by atoms with van der Waals surface area (Å²) in [7, 11) is 0. The molecule has 0 aromatic carbocycles. The molecule has 1 N–H and O–H groups in total. The van der Waals surface area contributed by atoms with Gasteiger partial charge in [0.2, 0.25) is 5.91 Å². The second kappa shape index (κ2) is 6.13. The molecule has 116 valence electrons. The number of carbonyl (C=O) groups is 1. The molecule has 0 spiro atoms. The van der Waals surface area contributed by atoms with E-state index in [0.717, 1.165) is 45.2 Å². The molecule has 1 aliphatic carbocycles. The summed E-state index contributed by atoms with van der Waals surface area (Å²) in [5, 5.41) is 18.3. The highest BCUT2D eigenvalue weighted by Crippen LogP contribution is 2.39. The van der Waals surface area contributed by atoms with Crippen molar-refractivity contribution >= 4 is 5.91 Å². The second-order valence-corrected chi connectivity index (χ2v) is 6.41. The molecular weight excluding hydrogens is 268 g/mol. The van der Waals surface area contributed by atoms with Crippen molar-refractivity contribution in [2.24, 2.45) is 5.92 Å². The van der Waals surface area contributed by atoms with Crippen LogP contribution in [0.25, 0.3) is 0 Å². The SMILES string of the molecule is O=C(CCCn1ccnn1)N1CCC2(O)CCCCC2C1. The molecule has 1 aromatic heterocycles. The number of aryl methyl sites for hydroxylation is 1. The molecule has 1 saturated carbocycles. The van der Waals surface area contributed by atoms with Gasteiger partial charge in [-0.2, -0.15) is 0 Å². The normalized spacial score (nSPS) is 29.2. The maximum atomic E-state index is 12.3. The number of likely N-dealkylation sites (tertiary alicyclic amines) is 1. The fourth-order valence-electron chi connectivity index (χ4n) is 3.70. The van der Waals surface area contributed by atoms with Crippen LogP contribution in [0.2, 0.25) is 0 Å². The number of piperidine rings is 1. The summed E-state index contributed by atoms with van der Waals surface area (Å²) >= 11 is 0. The molecule has 1 aliphatic heterocycles. The van der Waals surface area contributed by atoms with Gasteiger partial charge < -0.3 is 10.0 Å². The van der Waals surface area contributed by atoms with Crippen LogP contribution in [0.3, 0.4) is 0 Å². The summed E-state index contributed by atoms with van der Waals surface area (Å²) in [4.78, 5) is 14.3. The van der Waals surface area contributed by atoms with Gasteiger partial charge in [0, 0.05) is 38.2 Å². The Hall–Kier alpha value is -1.43. The van der Waals surface area contributed by atoms with Gasteiger partial charge in [-0.15, -0.1) is 5.10 Å². The standard InChI is InChI=1S/C15H24N4O2/c20-14(5-3-9-19-11-8-16-17-19)18-10-7-15(21)6-2-1-4-13(15)12-18/h8,11,13,21H,1-7,9-10,12H2. The molecule has 6 heteroatoms. The molecule has 0 bridgehead atoms. The highest BCUT2D eigenvalue weighted by atomic mass is 16.3. The van der Waals surface area contributed by atoms with E-state index in [1.807, 2.05) is 11.1 Å². The molecule has 2 heterocycles. The van der Waals surface area contributed by atoms with Crippen LogP contribution < -0.4 is 0 Å². The molecule has 1 amide bonds. The fraction of sp³-hybridized carbons (Fsp3) is 0.800. The van der Waals surface area contributed by atoms with Gasteiger partial charge >= 0.3 is 0 Å². The van der Waals surface area contributed by atoms with E-state index >= 15 is 0 Å². The summed E-state index contributed by atoms with van der Waals surface area (Å²) in [6, 6.07) is 0. The van der Waals surface area contributed by atoms with Crippen molar-refractivity contribution in [3.63, 3.8) is 0 Å². The Bertz CT molecular complexity index is 476. The Balaban J connectivity index is 1.47. The topological polar surface area (TPSA) is 71.2 Å². The summed E-state index contributed by atoms with van der Waals surface area (Å²) in [5.41, 5.74) is -0.504. The highest BCUT2D eigenvalue weighted by Gasteiger charge is 2.43. The summed E-state index contributed by atoms with van der Waals surface area (Å²) in [5.74, 6) is 0.488. The van der Waals surface area contributed by atoms with E-state index in [2.05, 4.69) is 10.3 Å². The first kappa shape index (κ1) is 14.5. The predicted molar refractivity (Wildman–Crippen MR) is 77.4 cm³/mol. The van der Waals surface area contributed by atoms with Crippen molar-refractivity contribution in [2.75, 3.05) is 13.1 Å². The lowest BCUT2D eigenvalue weighted by Crippen LogP contribution is -2.54. The number of aliphatic hydroxyl groups is 1. The number of carbonyl (C=O) groups excluding carboxylic acids is 1. The molecule has 2 unspecified atom stereocenters. The number of hydrogen-bond acceptors (Lipinski definition) is 4. The van der Waals surface area contributed by atoms with E-state index in [1.54, 1.807) is 10.9 Å². The monoisotopic (exact) mass is 292 g/mol. The first-order valence-corrected chi connectivity index (χ1v) is 8.02. The Morgan fingerprint density at radius 2 is 2.29 bits per heavy atom. The number of hydrogen-bond donors (Lipinski definition) is 1. The zero-order chi connectivity index (χ0) is 14.7. The first-order valence-electron chi connectivity index (χ1n) is 8.02. The van der Waals surface area contributed by atoms with Crippen molar-refractivity contribution in [3.05, 3.63) is 12.4 Å². The van der Waals surface area contributed by atoms with Gasteiger partial charge in [0.25, 0.3) is 0 Å². The van der Waals surface area contributed by atoms with Gasteiger partial charge in [-0.05, 0) is 25.7 Å². The number of amides is 1. The molecule has 1 saturated heterocycles. The van der Waals surface area contributed by atoms with Crippen LogP contribution in [0.1, 0.15) is 44.9 Å². The van der Waals surface area contributed by atoms with E-state index in [9.17, 15) is 9.90 Å². The zero-order valence-corrected chi connectivity index (χ0v) is 12.4. The maximum absolute atomic E-state index is 12.3. The Morgan fingerprint density at radius 3 is 3.10 bits per heavy atom. The zero-order valence-electron chi connectivity index (χ0n) is 12.4. The number of aromatic nitrogens is 3. The molecule has 6 nitrogen and oxygen atoms in total. The molecule has 0 radical (unpaired) electrons. The molecule has 1 aromatic rings. The lowest BCUT2D eigenvalue weighted by atomic mass is 9.71. The predicted octanol–water partition coefficient (Wildman–Crippen LogP) is 1.21. The van der Waals surface area contributed by atoms with Crippen LogP contribution in [-0.4, -0.2) is 49.6 Å². The second-order valence-electron chi connectivity index (χ2n) is 6.41. The molecule has 21 heavy (non-hydrogen) atoms. The third-order valence-electron chi connectivity index (χ3n) is 5.03. The summed E-state index contributed by atoms with van der Waals surface area (Å²) in [6.07, 6.45) is 9.81. The third kappa shape index (κ3) is 3.26. The van der Waals surface area contributed by atoms with Crippen molar-refractivity contribution in [1.29, 1.82) is 0 Å². The van der Waals surface area contributed by atoms with Gasteiger partial charge in [-0.3, -0.25) is 9.48 Å². The lowest BCUT2D eigenvalue weighted by Gasteiger charge is -2.47. The largest absolute Gasteiger partial charge is 0.389 e. The average Bonchev–Trinajstić information content (AvgIpc) is 2.99. The summed E-state index contributed by atoms with van der Waals surface area (Å²) in [6.45, 7) is 2.17. The van der Waals surface area contributed by atoms with E-state index in [-0.39, 0.29) is 11.8 Å². The highest BCUT2D eigenvalue weighted by molar-refractivity contribution is 5.76. The Kier molecular flexibility index (Phi) is 4.24. The van der Waals surface area contributed by atoms with Gasteiger partial charge in [0.15, 0.2) is 0 Å². The number of rotatable bonds is 4. The van der Waals surface area contributed by atoms with Gasteiger partial charge in [-0.1, -0.05) is 18.1 Å². The number of fused-ring (bicyclic) bond motifs is 1. The van der Waals surface area contributed by atoms with E-state index < -0.39 is 5.60 Å². The van der Waals surface area contributed by atoms with Crippen molar-refractivity contribution in [3.8, 4) is 0 Å². The smallest absolute Gasteiger partial charge is 0.222 e. The van der Waals surface area contributed by atoms with Crippen LogP contribution in [0.4, 0.5) is 0 Å². The van der Waals surface area contributed by atoms with Crippen LogP contribution in [0.5, 0.6) is 0 Å². The molecule has 2 fully saturated rings. The van der Waals surface area contributed by atoms with Gasteiger partial charge in [0.05, 0.1) is 11.8 Å². The average molecular weight is 292 g/mol. The first-order chi connectivity index (χ1) is 10.2. The van der Waals surface area contributed by atoms with Crippen molar-refractivity contribution in [1.82, 2.24) is 19.9 Å². The number of nitrogens with zero attached hydrogens (tertiary/aromatic N) is 4. The van der Waals surface area contributed by atoms with Gasteiger partial charge in [-0.25, -0.2) is 0 Å². The van der Waals surface area contributed by atoms with E-state index in [4.69, 9.17) is 0 Å². The third-order valence-corrected chi connectivity index (χ3v) is 5.03. The quantitative estimate of drug-likeness (QED) is 0.905. The van der Waals surface area contributed by atoms with Crippen LogP contribution in [0, 0.1) is 5.92 Å². The molecule has 2 atom stereocenters. The van der Waals surface area contributed by atoms with E-state index in [0.29, 0.717) is 13.0 Å². The van der Waals surface area contributed by atoms with E-state index in [1.165, 1.54) is 6.42 Å². The minimum Gasteiger partial charge on any atom is -0.389 e. The maximum Gasteiger partial charge on any atom is 0.222 e. The lowest BCUT2D eigenvalue weighted by molar-refractivity contribution is -0.143. The minimum absolute atomic E-state index is 0.211.